The minimum absolute atomic E-state index is 0. The highest BCUT2D eigenvalue weighted by Crippen LogP contribution is 2.22. The monoisotopic (exact) mass is 553 g/mol. The number of likely N-dealkylation sites (N-methyl/N-ethyl adjacent to an activating group) is 1. The molecule has 1 amide bonds. The fourth-order valence-electron chi connectivity index (χ4n) is 3.98. The Kier molecular flexibility index (Phi) is 9.41. The SMILES string of the molecule is CN(C)C(=O)CN=C(NC1CCc2ccccc2C1)NC1CCN(CC(F)(F)F)C1.I. The number of alkyl halides is 3. The second kappa shape index (κ2) is 11.3. The van der Waals surface area contributed by atoms with Gasteiger partial charge in [0.25, 0.3) is 0 Å². The molecule has 10 heteroatoms. The summed E-state index contributed by atoms with van der Waals surface area (Å²) >= 11 is 0. The van der Waals surface area contributed by atoms with Crippen molar-refractivity contribution in [3.05, 3.63) is 35.4 Å². The van der Waals surface area contributed by atoms with Crippen LogP contribution in [-0.2, 0) is 17.6 Å². The smallest absolute Gasteiger partial charge is 0.353 e. The van der Waals surface area contributed by atoms with Gasteiger partial charge in [-0.1, -0.05) is 24.3 Å². The van der Waals surface area contributed by atoms with Crippen LogP contribution in [0.3, 0.4) is 0 Å². The van der Waals surface area contributed by atoms with E-state index in [2.05, 4.69) is 27.8 Å². The van der Waals surface area contributed by atoms with Crippen molar-refractivity contribution in [3.8, 4) is 0 Å². The largest absolute Gasteiger partial charge is 0.401 e. The molecule has 2 N–H and O–H groups in total. The number of amides is 1. The Bertz CT molecular complexity index is 772. The van der Waals surface area contributed by atoms with Gasteiger partial charge in [-0.05, 0) is 36.8 Å². The lowest BCUT2D eigenvalue weighted by molar-refractivity contribution is -0.143. The molecule has 1 aliphatic heterocycles. The molecule has 1 heterocycles. The summed E-state index contributed by atoms with van der Waals surface area (Å²) in [5.41, 5.74) is 2.64. The Hall–Kier alpha value is -1.56. The maximum absolute atomic E-state index is 12.7. The molecule has 1 fully saturated rings. The zero-order valence-electron chi connectivity index (χ0n) is 17.9. The van der Waals surface area contributed by atoms with Gasteiger partial charge in [0.1, 0.15) is 6.54 Å². The van der Waals surface area contributed by atoms with Gasteiger partial charge in [0.15, 0.2) is 5.96 Å². The summed E-state index contributed by atoms with van der Waals surface area (Å²) in [6.07, 6.45) is -0.850. The number of guanidine groups is 1. The lowest BCUT2D eigenvalue weighted by Crippen LogP contribution is -2.50. The summed E-state index contributed by atoms with van der Waals surface area (Å²) in [5, 5.41) is 6.66. The normalized spacial score (nSPS) is 21.8. The zero-order chi connectivity index (χ0) is 21.7. The van der Waals surface area contributed by atoms with Gasteiger partial charge >= 0.3 is 6.18 Å². The predicted molar refractivity (Wildman–Crippen MR) is 126 cm³/mol. The van der Waals surface area contributed by atoms with Crippen LogP contribution < -0.4 is 10.6 Å². The summed E-state index contributed by atoms with van der Waals surface area (Å²) < 4.78 is 38.0. The highest BCUT2D eigenvalue weighted by molar-refractivity contribution is 14.0. The van der Waals surface area contributed by atoms with E-state index in [-0.39, 0.29) is 48.5 Å². The summed E-state index contributed by atoms with van der Waals surface area (Å²) in [4.78, 5) is 19.3. The van der Waals surface area contributed by atoms with E-state index in [0.29, 0.717) is 25.5 Å². The number of carbonyl (C=O) groups excluding carboxylic acids is 1. The molecular weight excluding hydrogens is 522 g/mol. The first-order valence-corrected chi connectivity index (χ1v) is 10.3. The van der Waals surface area contributed by atoms with Crippen molar-refractivity contribution in [1.82, 2.24) is 20.4 Å². The van der Waals surface area contributed by atoms with Crippen LogP contribution in [0.5, 0.6) is 0 Å². The van der Waals surface area contributed by atoms with E-state index in [1.54, 1.807) is 14.1 Å². The maximum atomic E-state index is 12.7. The Morgan fingerprint density at radius 3 is 2.52 bits per heavy atom. The van der Waals surface area contributed by atoms with Crippen LogP contribution in [0, 0.1) is 0 Å². The molecule has 0 spiro atoms. The third kappa shape index (κ3) is 8.13. The number of carbonyl (C=O) groups is 1. The van der Waals surface area contributed by atoms with Gasteiger partial charge in [-0.3, -0.25) is 9.69 Å². The van der Waals surface area contributed by atoms with Gasteiger partial charge in [0.2, 0.25) is 5.91 Å². The Labute approximate surface area is 198 Å². The van der Waals surface area contributed by atoms with Gasteiger partial charge in [-0.15, -0.1) is 24.0 Å². The van der Waals surface area contributed by atoms with Crippen molar-refractivity contribution < 1.29 is 18.0 Å². The van der Waals surface area contributed by atoms with Crippen molar-refractivity contribution in [2.45, 2.75) is 43.9 Å². The molecule has 1 aliphatic carbocycles. The Morgan fingerprint density at radius 2 is 1.84 bits per heavy atom. The van der Waals surface area contributed by atoms with E-state index in [0.717, 1.165) is 19.3 Å². The Balaban J connectivity index is 0.00000341. The molecule has 1 saturated heterocycles. The molecule has 31 heavy (non-hydrogen) atoms. The fourth-order valence-corrected chi connectivity index (χ4v) is 3.98. The first-order valence-electron chi connectivity index (χ1n) is 10.3. The molecule has 0 bridgehead atoms. The molecule has 0 aromatic heterocycles. The number of hydrogen-bond acceptors (Lipinski definition) is 3. The number of fused-ring (bicyclic) bond motifs is 1. The lowest BCUT2D eigenvalue weighted by atomic mass is 9.88. The summed E-state index contributed by atoms with van der Waals surface area (Å²) in [5.74, 6) is 0.364. The van der Waals surface area contributed by atoms with Crippen LogP contribution in [0.1, 0.15) is 24.0 Å². The molecule has 6 nitrogen and oxygen atoms in total. The number of nitrogens with zero attached hydrogens (tertiary/aromatic N) is 3. The van der Waals surface area contributed by atoms with Crippen molar-refractivity contribution >= 4 is 35.8 Å². The van der Waals surface area contributed by atoms with Crippen LogP contribution >= 0.6 is 24.0 Å². The summed E-state index contributed by atoms with van der Waals surface area (Å²) in [6.45, 7) is -0.221. The van der Waals surface area contributed by atoms with Gasteiger partial charge in [-0.2, -0.15) is 13.2 Å². The molecule has 2 aliphatic rings. The van der Waals surface area contributed by atoms with Crippen LogP contribution in [0.2, 0.25) is 0 Å². The first kappa shape index (κ1) is 25.7. The van der Waals surface area contributed by atoms with Crippen molar-refractivity contribution in [2.24, 2.45) is 4.99 Å². The molecule has 0 saturated carbocycles. The highest BCUT2D eigenvalue weighted by atomic mass is 127. The predicted octanol–water partition coefficient (Wildman–Crippen LogP) is 2.42. The number of nitrogens with one attached hydrogen (secondary N) is 2. The van der Waals surface area contributed by atoms with Crippen molar-refractivity contribution in [2.75, 3.05) is 40.3 Å². The van der Waals surface area contributed by atoms with Crippen molar-refractivity contribution in [3.63, 3.8) is 0 Å². The molecule has 1 aromatic rings. The molecule has 1 aromatic carbocycles. The number of benzene rings is 1. The number of aryl methyl sites for hydroxylation is 1. The van der Waals surface area contributed by atoms with E-state index >= 15 is 0 Å². The zero-order valence-corrected chi connectivity index (χ0v) is 20.2. The fraction of sp³-hybridized carbons (Fsp3) is 0.619. The number of rotatable bonds is 5. The number of hydrogen-bond donors (Lipinski definition) is 2. The minimum atomic E-state index is -4.20. The van der Waals surface area contributed by atoms with E-state index < -0.39 is 12.7 Å². The average Bonchev–Trinajstić information content (AvgIpc) is 3.10. The summed E-state index contributed by atoms with van der Waals surface area (Å²) in [7, 11) is 3.34. The van der Waals surface area contributed by atoms with Gasteiger partial charge in [-0.25, -0.2) is 4.99 Å². The second-order valence-electron chi connectivity index (χ2n) is 8.29. The number of aliphatic imine (C=N–C) groups is 1. The van der Waals surface area contributed by atoms with Crippen molar-refractivity contribution in [1.29, 1.82) is 0 Å². The Morgan fingerprint density at radius 1 is 1.16 bits per heavy atom. The third-order valence-corrected chi connectivity index (χ3v) is 5.58. The molecular formula is C21H31F3IN5O. The molecule has 2 atom stereocenters. The van der Waals surface area contributed by atoms with E-state index in [4.69, 9.17) is 0 Å². The molecule has 3 rings (SSSR count). The first-order chi connectivity index (χ1) is 14.2. The number of likely N-dealkylation sites (tertiary alicyclic amines) is 1. The van der Waals surface area contributed by atoms with Crippen LogP contribution in [-0.4, -0.2) is 80.2 Å². The molecule has 2 unspecified atom stereocenters. The van der Waals surface area contributed by atoms with Crippen LogP contribution in [0.15, 0.2) is 29.3 Å². The summed E-state index contributed by atoms with van der Waals surface area (Å²) in [6, 6.07) is 8.35. The highest BCUT2D eigenvalue weighted by Gasteiger charge is 2.34. The van der Waals surface area contributed by atoms with Crippen LogP contribution in [0.4, 0.5) is 13.2 Å². The van der Waals surface area contributed by atoms with E-state index in [1.807, 2.05) is 12.1 Å². The lowest BCUT2D eigenvalue weighted by Gasteiger charge is -2.28. The minimum Gasteiger partial charge on any atom is -0.353 e. The van der Waals surface area contributed by atoms with Gasteiger partial charge in [0, 0.05) is 39.3 Å². The quantitative estimate of drug-likeness (QED) is 0.334. The average molecular weight is 553 g/mol. The topological polar surface area (TPSA) is 60.0 Å². The second-order valence-corrected chi connectivity index (χ2v) is 8.29. The van der Waals surface area contributed by atoms with E-state index in [9.17, 15) is 18.0 Å². The third-order valence-electron chi connectivity index (χ3n) is 5.58. The molecule has 174 valence electrons. The van der Waals surface area contributed by atoms with Gasteiger partial charge in [0.05, 0.1) is 6.54 Å². The maximum Gasteiger partial charge on any atom is 0.401 e. The van der Waals surface area contributed by atoms with Crippen LogP contribution in [0.25, 0.3) is 0 Å². The van der Waals surface area contributed by atoms with Gasteiger partial charge < -0.3 is 15.5 Å². The number of halogens is 4. The van der Waals surface area contributed by atoms with E-state index in [1.165, 1.54) is 20.9 Å². The molecule has 0 radical (unpaired) electrons. The standard InChI is InChI=1S/C21H30F3N5O.HI/c1-28(2)19(30)12-25-20(27-18-9-10-29(13-18)14-21(22,23)24)26-17-8-7-15-5-3-4-6-16(15)11-17;/h3-6,17-18H,7-14H2,1-2H3,(H2,25,26,27);1H.